The second-order valence-electron chi connectivity index (χ2n) is 4.80. The average molecular weight is 220 g/mol. The van der Waals surface area contributed by atoms with E-state index in [1.165, 1.54) is 0 Å². The number of hydrogen-bond acceptors (Lipinski definition) is 2. The Balaban J connectivity index is 2.16. The molecule has 1 fully saturated rings. The van der Waals surface area contributed by atoms with Gasteiger partial charge in [0.25, 0.3) is 0 Å². The van der Waals surface area contributed by atoms with Crippen molar-refractivity contribution < 1.29 is 4.79 Å². The summed E-state index contributed by atoms with van der Waals surface area (Å²) in [6.45, 7) is 6.10. The highest BCUT2D eigenvalue weighted by Gasteiger charge is 2.24. The fourth-order valence-corrected chi connectivity index (χ4v) is 2.34. The first kappa shape index (κ1) is 11.4. The monoisotopic (exact) mass is 220 g/mol. The minimum Gasteiger partial charge on any atom is -0.343 e. The van der Waals surface area contributed by atoms with Gasteiger partial charge in [0.15, 0.2) is 5.78 Å². The Morgan fingerprint density at radius 3 is 3.00 bits per heavy atom. The highest BCUT2D eigenvalue weighted by atomic mass is 16.1. The number of nitrogens with one attached hydrogen (secondary N) is 1. The van der Waals surface area contributed by atoms with Crippen LogP contribution in [0, 0.1) is 5.92 Å². The summed E-state index contributed by atoms with van der Waals surface area (Å²) in [7, 11) is 0. The van der Waals surface area contributed by atoms with Crippen LogP contribution in [0.25, 0.3) is 0 Å². The van der Waals surface area contributed by atoms with Crippen molar-refractivity contribution in [2.45, 2.75) is 32.7 Å². The molecule has 1 atom stereocenters. The van der Waals surface area contributed by atoms with Crippen LogP contribution in [-0.4, -0.2) is 23.4 Å². The molecule has 0 radical (unpaired) electrons. The van der Waals surface area contributed by atoms with E-state index in [-0.39, 0.29) is 5.92 Å². The zero-order chi connectivity index (χ0) is 11.5. The molecule has 0 aromatic carbocycles. The molecule has 88 valence electrons. The first-order valence-electron chi connectivity index (χ1n) is 6.12. The lowest BCUT2D eigenvalue weighted by molar-refractivity contribution is 0.0888. The maximum atomic E-state index is 12.3. The normalized spacial score (nSPS) is 21.3. The Hall–Kier alpha value is -1.09. The third-order valence-electron chi connectivity index (χ3n) is 3.26. The number of aromatic nitrogens is 1. The molecule has 0 aliphatic carbocycles. The van der Waals surface area contributed by atoms with E-state index in [4.69, 9.17) is 0 Å². The standard InChI is InChI=1S/C13H20N2O/c1-10(2)15-8-4-6-12(15)13(16)11-5-3-7-14-9-11/h4,6,8,10-11,14H,3,5,7,9H2,1-2H3. The Morgan fingerprint density at radius 1 is 1.56 bits per heavy atom. The summed E-state index contributed by atoms with van der Waals surface area (Å²) in [5.74, 6) is 0.465. The lowest BCUT2D eigenvalue weighted by Gasteiger charge is -2.22. The van der Waals surface area contributed by atoms with Gasteiger partial charge in [-0.1, -0.05) is 0 Å². The van der Waals surface area contributed by atoms with Gasteiger partial charge >= 0.3 is 0 Å². The zero-order valence-corrected chi connectivity index (χ0v) is 10.1. The van der Waals surface area contributed by atoms with Gasteiger partial charge in [0.05, 0.1) is 5.69 Å². The van der Waals surface area contributed by atoms with Crippen molar-refractivity contribution in [2.75, 3.05) is 13.1 Å². The molecule has 0 spiro atoms. The number of carbonyl (C=O) groups is 1. The van der Waals surface area contributed by atoms with E-state index in [2.05, 4.69) is 23.7 Å². The third-order valence-corrected chi connectivity index (χ3v) is 3.26. The summed E-state index contributed by atoms with van der Waals surface area (Å²) < 4.78 is 2.07. The van der Waals surface area contributed by atoms with Crippen molar-refractivity contribution in [3.05, 3.63) is 24.0 Å². The minimum absolute atomic E-state index is 0.168. The minimum atomic E-state index is 0.168. The summed E-state index contributed by atoms with van der Waals surface area (Å²) in [4.78, 5) is 12.3. The summed E-state index contributed by atoms with van der Waals surface area (Å²) in [5.41, 5.74) is 0.865. The van der Waals surface area contributed by atoms with Gasteiger partial charge in [0.1, 0.15) is 0 Å². The topological polar surface area (TPSA) is 34.0 Å². The summed E-state index contributed by atoms with van der Waals surface area (Å²) >= 11 is 0. The first-order chi connectivity index (χ1) is 7.70. The van der Waals surface area contributed by atoms with Crippen molar-refractivity contribution >= 4 is 5.78 Å². The van der Waals surface area contributed by atoms with Crippen molar-refractivity contribution in [1.82, 2.24) is 9.88 Å². The largest absolute Gasteiger partial charge is 0.343 e. The second kappa shape index (κ2) is 4.83. The molecule has 0 amide bonds. The number of hydrogen-bond donors (Lipinski definition) is 1. The Kier molecular flexibility index (Phi) is 3.44. The molecule has 1 aromatic heterocycles. The molecule has 2 rings (SSSR count). The van der Waals surface area contributed by atoms with Gasteiger partial charge in [0, 0.05) is 24.7 Å². The first-order valence-corrected chi connectivity index (χ1v) is 6.12. The number of rotatable bonds is 3. The van der Waals surface area contributed by atoms with Crippen LogP contribution in [0.3, 0.4) is 0 Å². The fraction of sp³-hybridized carbons (Fsp3) is 0.615. The van der Waals surface area contributed by atoms with Crippen LogP contribution in [0.5, 0.6) is 0 Å². The predicted molar refractivity (Wildman–Crippen MR) is 64.7 cm³/mol. The van der Waals surface area contributed by atoms with E-state index in [1.807, 2.05) is 18.3 Å². The Labute approximate surface area is 96.8 Å². The van der Waals surface area contributed by atoms with Gasteiger partial charge in [-0.05, 0) is 45.4 Å². The highest BCUT2D eigenvalue weighted by Crippen LogP contribution is 2.19. The maximum Gasteiger partial charge on any atom is 0.183 e. The van der Waals surface area contributed by atoms with Gasteiger partial charge < -0.3 is 9.88 Å². The molecule has 0 saturated carbocycles. The van der Waals surface area contributed by atoms with Gasteiger partial charge in [-0.3, -0.25) is 4.79 Å². The number of Topliss-reactive ketones (excluding diaryl/α,β-unsaturated/α-hetero) is 1. The SMILES string of the molecule is CC(C)n1cccc1C(=O)C1CCCNC1. The van der Waals surface area contributed by atoms with Gasteiger partial charge in [0.2, 0.25) is 0 Å². The molecule has 3 heteroatoms. The second-order valence-corrected chi connectivity index (χ2v) is 4.80. The molecule has 1 aliphatic rings. The third kappa shape index (κ3) is 2.19. The van der Waals surface area contributed by atoms with Crippen LogP contribution in [0.1, 0.15) is 43.2 Å². The molecule has 1 saturated heterocycles. The smallest absolute Gasteiger partial charge is 0.183 e. The molecule has 1 aliphatic heterocycles. The van der Waals surface area contributed by atoms with E-state index in [0.29, 0.717) is 11.8 Å². The Morgan fingerprint density at radius 2 is 2.38 bits per heavy atom. The molecule has 1 aromatic rings. The highest BCUT2D eigenvalue weighted by molar-refractivity contribution is 5.96. The molecule has 1 N–H and O–H groups in total. The summed E-state index contributed by atoms with van der Waals surface area (Å²) in [5, 5.41) is 3.30. The summed E-state index contributed by atoms with van der Waals surface area (Å²) in [6.07, 6.45) is 4.13. The number of piperidine rings is 1. The lowest BCUT2D eigenvalue weighted by Crippen LogP contribution is -2.35. The average Bonchev–Trinajstić information content (AvgIpc) is 2.78. The van der Waals surface area contributed by atoms with E-state index < -0.39 is 0 Å². The lowest BCUT2D eigenvalue weighted by atomic mass is 9.93. The van der Waals surface area contributed by atoms with E-state index >= 15 is 0 Å². The van der Waals surface area contributed by atoms with Crippen molar-refractivity contribution in [2.24, 2.45) is 5.92 Å². The molecule has 1 unspecified atom stereocenters. The van der Waals surface area contributed by atoms with Gasteiger partial charge in [-0.25, -0.2) is 0 Å². The van der Waals surface area contributed by atoms with Crippen molar-refractivity contribution in [3.63, 3.8) is 0 Å². The molecule has 3 nitrogen and oxygen atoms in total. The maximum absolute atomic E-state index is 12.3. The van der Waals surface area contributed by atoms with Crippen LogP contribution in [0.4, 0.5) is 0 Å². The van der Waals surface area contributed by atoms with E-state index in [0.717, 1.165) is 31.6 Å². The van der Waals surface area contributed by atoms with Crippen molar-refractivity contribution in [3.8, 4) is 0 Å². The Bertz CT molecular complexity index is 362. The van der Waals surface area contributed by atoms with Gasteiger partial charge in [-0.15, -0.1) is 0 Å². The number of ketones is 1. The van der Waals surface area contributed by atoms with Gasteiger partial charge in [-0.2, -0.15) is 0 Å². The molecule has 0 bridgehead atoms. The van der Waals surface area contributed by atoms with Crippen LogP contribution in [0.2, 0.25) is 0 Å². The van der Waals surface area contributed by atoms with E-state index in [1.54, 1.807) is 0 Å². The van der Waals surface area contributed by atoms with Crippen LogP contribution < -0.4 is 5.32 Å². The fourth-order valence-electron chi connectivity index (χ4n) is 2.34. The number of carbonyl (C=O) groups excluding carboxylic acids is 1. The van der Waals surface area contributed by atoms with E-state index in [9.17, 15) is 4.79 Å². The van der Waals surface area contributed by atoms with Crippen LogP contribution >= 0.6 is 0 Å². The molecule has 2 heterocycles. The zero-order valence-electron chi connectivity index (χ0n) is 10.1. The van der Waals surface area contributed by atoms with Crippen LogP contribution in [-0.2, 0) is 0 Å². The summed E-state index contributed by atoms with van der Waals surface area (Å²) in [6, 6.07) is 4.26. The number of nitrogens with zero attached hydrogens (tertiary/aromatic N) is 1. The van der Waals surface area contributed by atoms with Crippen molar-refractivity contribution in [1.29, 1.82) is 0 Å². The predicted octanol–water partition coefficient (Wildman–Crippen LogP) is 2.25. The quantitative estimate of drug-likeness (QED) is 0.793. The molecule has 16 heavy (non-hydrogen) atoms. The molecular weight excluding hydrogens is 200 g/mol. The van der Waals surface area contributed by atoms with Crippen LogP contribution in [0.15, 0.2) is 18.3 Å². The molecular formula is C13H20N2O.